The number of nitrogens with one attached hydrogen (secondary N) is 2. The molecular formula is C22H26N2O3. The monoisotopic (exact) mass is 366 g/mol. The Labute approximate surface area is 160 Å². The molecule has 1 saturated carbocycles. The summed E-state index contributed by atoms with van der Waals surface area (Å²) in [6.07, 6.45) is 2.23. The largest absolute Gasteiger partial charge is 0.497 e. The van der Waals surface area contributed by atoms with Gasteiger partial charge in [-0.2, -0.15) is 0 Å². The van der Waals surface area contributed by atoms with E-state index in [1.807, 2.05) is 48.5 Å². The quantitative estimate of drug-likeness (QED) is 0.754. The lowest BCUT2D eigenvalue weighted by molar-refractivity contribution is -0.125. The Balaban J connectivity index is 1.43. The maximum atomic E-state index is 12.4. The average molecular weight is 366 g/mol. The van der Waals surface area contributed by atoms with Crippen molar-refractivity contribution in [3.05, 3.63) is 59.7 Å². The lowest BCUT2D eigenvalue weighted by Crippen LogP contribution is -2.29. The minimum absolute atomic E-state index is 0.0348. The highest BCUT2D eigenvalue weighted by atomic mass is 16.5. The van der Waals surface area contributed by atoms with Gasteiger partial charge in [0.1, 0.15) is 5.75 Å². The molecule has 142 valence electrons. The second kappa shape index (κ2) is 8.71. The van der Waals surface area contributed by atoms with Crippen molar-refractivity contribution in [3.8, 4) is 5.75 Å². The molecule has 27 heavy (non-hydrogen) atoms. The standard InChI is InChI=1S/C22H26N2O3/c1-3-16-6-4-5-7-20(16)24-22(26)19-14-18(19)21(25)23-13-12-15-8-10-17(27-2)11-9-15/h4-11,18-19H,3,12-14H2,1-2H3,(H,23,25)(H,24,26). The van der Waals surface area contributed by atoms with Crippen LogP contribution in [0.2, 0.25) is 0 Å². The minimum atomic E-state index is -0.226. The summed E-state index contributed by atoms with van der Waals surface area (Å²) in [6, 6.07) is 15.6. The third kappa shape index (κ3) is 4.88. The fourth-order valence-electron chi connectivity index (χ4n) is 3.20. The number of hydrogen-bond acceptors (Lipinski definition) is 3. The summed E-state index contributed by atoms with van der Waals surface area (Å²) >= 11 is 0. The van der Waals surface area contributed by atoms with Crippen molar-refractivity contribution in [3.63, 3.8) is 0 Å². The van der Waals surface area contributed by atoms with Crippen LogP contribution >= 0.6 is 0 Å². The Hall–Kier alpha value is -2.82. The smallest absolute Gasteiger partial charge is 0.228 e. The van der Waals surface area contributed by atoms with Crippen LogP contribution in [0, 0.1) is 11.8 Å². The van der Waals surface area contributed by atoms with Gasteiger partial charge in [-0.1, -0.05) is 37.3 Å². The molecule has 3 rings (SSSR count). The molecule has 2 N–H and O–H groups in total. The second-order valence-corrected chi connectivity index (χ2v) is 6.84. The van der Waals surface area contributed by atoms with Crippen LogP contribution in [0.25, 0.3) is 0 Å². The van der Waals surface area contributed by atoms with Crippen LogP contribution in [-0.2, 0) is 22.4 Å². The Morgan fingerprint density at radius 1 is 1.04 bits per heavy atom. The molecule has 2 unspecified atom stereocenters. The van der Waals surface area contributed by atoms with Crippen molar-refractivity contribution in [2.24, 2.45) is 11.8 Å². The molecule has 0 radical (unpaired) electrons. The molecule has 0 heterocycles. The van der Waals surface area contributed by atoms with Crippen LogP contribution in [0.3, 0.4) is 0 Å². The predicted molar refractivity (Wildman–Crippen MR) is 106 cm³/mol. The summed E-state index contributed by atoms with van der Waals surface area (Å²) in [6.45, 7) is 2.62. The van der Waals surface area contributed by atoms with E-state index in [1.54, 1.807) is 7.11 Å². The highest BCUT2D eigenvalue weighted by Gasteiger charge is 2.47. The number of aryl methyl sites for hydroxylation is 1. The van der Waals surface area contributed by atoms with E-state index in [9.17, 15) is 9.59 Å². The molecule has 5 nitrogen and oxygen atoms in total. The first-order valence-corrected chi connectivity index (χ1v) is 9.41. The van der Waals surface area contributed by atoms with E-state index in [1.165, 1.54) is 0 Å². The lowest BCUT2D eigenvalue weighted by Gasteiger charge is -2.09. The molecule has 0 saturated heterocycles. The molecule has 5 heteroatoms. The molecule has 2 aromatic carbocycles. The van der Waals surface area contributed by atoms with E-state index >= 15 is 0 Å². The molecule has 0 aromatic heterocycles. The third-order valence-electron chi connectivity index (χ3n) is 4.99. The van der Waals surface area contributed by atoms with Gasteiger partial charge in [-0.25, -0.2) is 0 Å². The van der Waals surface area contributed by atoms with Gasteiger partial charge in [-0.15, -0.1) is 0 Å². The van der Waals surface area contributed by atoms with E-state index in [2.05, 4.69) is 17.6 Å². The van der Waals surface area contributed by atoms with Crippen molar-refractivity contribution >= 4 is 17.5 Å². The highest BCUT2D eigenvalue weighted by Crippen LogP contribution is 2.39. The summed E-state index contributed by atoms with van der Waals surface area (Å²) in [4.78, 5) is 24.7. The Morgan fingerprint density at radius 3 is 2.44 bits per heavy atom. The van der Waals surface area contributed by atoms with Crippen LogP contribution in [0.1, 0.15) is 24.5 Å². The number of hydrogen-bond donors (Lipinski definition) is 2. The summed E-state index contributed by atoms with van der Waals surface area (Å²) in [5.41, 5.74) is 3.08. The van der Waals surface area contributed by atoms with Crippen molar-refractivity contribution in [1.82, 2.24) is 5.32 Å². The maximum absolute atomic E-state index is 12.4. The summed E-state index contributed by atoms with van der Waals surface area (Å²) in [5.74, 6) is 0.281. The van der Waals surface area contributed by atoms with Crippen molar-refractivity contribution in [1.29, 1.82) is 0 Å². The van der Waals surface area contributed by atoms with Crippen LogP contribution < -0.4 is 15.4 Å². The zero-order chi connectivity index (χ0) is 19.2. The molecule has 2 aromatic rings. The van der Waals surface area contributed by atoms with Crippen molar-refractivity contribution in [2.45, 2.75) is 26.2 Å². The Kier molecular flexibility index (Phi) is 6.12. The molecule has 1 aliphatic carbocycles. The van der Waals surface area contributed by atoms with Crippen molar-refractivity contribution < 1.29 is 14.3 Å². The fourth-order valence-corrected chi connectivity index (χ4v) is 3.20. The molecule has 1 aliphatic rings. The third-order valence-corrected chi connectivity index (χ3v) is 4.99. The van der Waals surface area contributed by atoms with Gasteiger partial charge in [-0.3, -0.25) is 9.59 Å². The number of methoxy groups -OCH3 is 1. The number of benzene rings is 2. The zero-order valence-electron chi connectivity index (χ0n) is 15.8. The molecule has 0 spiro atoms. The first kappa shape index (κ1) is 19.0. The molecular weight excluding hydrogens is 340 g/mol. The van der Waals surface area contributed by atoms with Crippen molar-refractivity contribution in [2.75, 3.05) is 19.0 Å². The normalized spacial score (nSPS) is 17.9. The van der Waals surface area contributed by atoms with E-state index in [4.69, 9.17) is 4.74 Å². The molecule has 0 aliphatic heterocycles. The number of carbonyl (C=O) groups excluding carboxylic acids is 2. The van der Waals surface area contributed by atoms with E-state index in [0.29, 0.717) is 13.0 Å². The van der Waals surface area contributed by atoms with Gasteiger partial charge in [0.2, 0.25) is 11.8 Å². The van der Waals surface area contributed by atoms with Gasteiger partial charge >= 0.3 is 0 Å². The maximum Gasteiger partial charge on any atom is 0.228 e. The molecule has 2 amide bonds. The van der Waals surface area contributed by atoms with E-state index < -0.39 is 0 Å². The van der Waals surface area contributed by atoms with E-state index in [0.717, 1.165) is 35.4 Å². The topological polar surface area (TPSA) is 67.4 Å². The average Bonchev–Trinajstić information content (AvgIpc) is 3.50. The lowest BCUT2D eigenvalue weighted by atomic mass is 10.1. The number of carbonyl (C=O) groups is 2. The first-order chi connectivity index (χ1) is 13.1. The van der Waals surface area contributed by atoms with Crippen LogP contribution in [0.15, 0.2) is 48.5 Å². The van der Waals surface area contributed by atoms with Crippen LogP contribution in [0.4, 0.5) is 5.69 Å². The second-order valence-electron chi connectivity index (χ2n) is 6.84. The predicted octanol–water partition coefficient (Wildman–Crippen LogP) is 3.19. The Bertz CT molecular complexity index is 801. The van der Waals surface area contributed by atoms with Gasteiger partial charge in [0.05, 0.1) is 18.9 Å². The molecule has 1 fully saturated rings. The number of anilines is 1. The van der Waals surface area contributed by atoms with E-state index in [-0.39, 0.29) is 23.7 Å². The summed E-state index contributed by atoms with van der Waals surface area (Å²) in [7, 11) is 1.64. The minimum Gasteiger partial charge on any atom is -0.497 e. The number of amides is 2. The zero-order valence-corrected chi connectivity index (χ0v) is 15.8. The van der Waals surface area contributed by atoms with Gasteiger partial charge in [0.25, 0.3) is 0 Å². The van der Waals surface area contributed by atoms with Gasteiger partial charge < -0.3 is 15.4 Å². The first-order valence-electron chi connectivity index (χ1n) is 9.41. The Morgan fingerprint density at radius 2 is 1.74 bits per heavy atom. The highest BCUT2D eigenvalue weighted by molar-refractivity contribution is 5.99. The molecule has 0 bridgehead atoms. The number of para-hydroxylation sites is 1. The fraction of sp³-hybridized carbons (Fsp3) is 0.364. The number of ether oxygens (including phenoxy) is 1. The van der Waals surface area contributed by atoms with Gasteiger partial charge in [0, 0.05) is 12.2 Å². The van der Waals surface area contributed by atoms with Crippen LogP contribution in [-0.4, -0.2) is 25.5 Å². The molecule has 2 atom stereocenters. The van der Waals surface area contributed by atoms with Gasteiger partial charge in [-0.05, 0) is 48.6 Å². The number of rotatable bonds is 8. The van der Waals surface area contributed by atoms with Crippen LogP contribution in [0.5, 0.6) is 5.75 Å². The SMILES string of the molecule is CCc1ccccc1NC(=O)C1CC1C(=O)NCCc1ccc(OC)cc1. The van der Waals surface area contributed by atoms with Gasteiger partial charge in [0.15, 0.2) is 0 Å². The summed E-state index contributed by atoms with van der Waals surface area (Å²) < 4.78 is 5.14. The summed E-state index contributed by atoms with van der Waals surface area (Å²) in [5, 5.41) is 5.91.